The molecule has 0 atom stereocenters. The zero-order valence-electron chi connectivity index (χ0n) is 15.1. The minimum absolute atomic E-state index is 0.606. The maximum atomic E-state index is 4.75. The molecule has 0 aliphatic rings. The van der Waals surface area contributed by atoms with Gasteiger partial charge in [0.15, 0.2) is 5.96 Å². The number of nitrogens with zero attached hydrogens (tertiary/aromatic N) is 3. The molecule has 5 heteroatoms. The Morgan fingerprint density at radius 3 is 2.62 bits per heavy atom. The number of imidazole rings is 1. The molecule has 0 aliphatic carbocycles. The summed E-state index contributed by atoms with van der Waals surface area (Å²) in [6, 6.07) is 18.7. The van der Waals surface area contributed by atoms with Gasteiger partial charge in [-0.1, -0.05) is 48.5 Å². The van der Waals surface area contributed by atoms with Crippen molar-refractivity contribution in [3.8, 4) is 5.69 Å². The van der Waals surface area contributed by atoms with Gasteiger partial charge in [-0.3, -0.25) is 0 Å². The fraction of sp³-hybridized carbons (Fsp3) is 0.238. The summed E-state index contributed by atoms with van der Waals surface area (Å²) in [5.74, 6) is 0.837. The maximum absolute atomic E-state index is 4.75. The lowest BCUT2D eigenvalue weighted by atomic mass is 10.1. The molecule has 0 amide bonds. The van der Waals surface area contributed by atoms with Crippen LogP contribution in [0.3, 0.4) is 0 Å². The molecule has 0 unspecified atom stereocenters. The van der Waals surface area contributed by atoms with Crippen molar-refractivity contribution in [1.82, 2.24) is 20.2 Å². The number of hydrogen-bond donors (Lipinski definition) is 2. The van der Waals surface area contributed by atoms with Crippen molar-refractivity contribution < 1.29 is 0 Å². The van der Waals surface area contributed by atoms with E-state index in [-0.39, 0.29) is 0 Å². The zero-order chi connectivity index (χ0) is 18.0. The third kappa shape index (κ3) is 4.96. The molecule has 26 heavy (non-hydrogen) atoms. The minimum Gasteiger partial charge on any atom is -0.357 e. The number of aromatic nitrogens is 2. The molecule has 0 spiro atoms. The van der Waals surface area contributed by atoms with Crippen molar-refractivity contribution in [2.45, 2.75) is 19.9 Å². The molecular formula is C21H25N5. The standard InChI is InChI=1S/C21H25N5/c1-2-23-21(24-13-12-18-8-4-3-5-9-18)25-16-19-10-6-7-11-20(19)26-15-14-22-17-26/h3-11,14-15,17H,2,12-13,16H2,1H3,(H2,23,24,25). The molecule has 0 saturated carbocycles. The first-order chi connectivity index (χ1) is 12.9. The normalized spacial score (nSPS) is 11.3. The first kappa shape index (κ1) is 17.7. The highest BCUT2D eigenvalue weighted by molar-refractivity contribution is 5.79. The van der Waals surface area contributed by atoms with Gasteiger partial charge in [0.1, 0.15) is 0 Å². The van der Waals surface area contributed by atoms with Gasteiger partial charge in [0.25, 0.3) is 0 Å². The molecule has 0 bridgehead atoms. The van der Waals surface area contributed by atoms with Crippen LogP contribution >= 0.6 is 0 Å². The first-order valence-electron chi connectivity index (χ1n) is 8.99. The van der Waals surface area contributed by atoms with E-state index in [1.165, 1.54) is 5.56 Å². The molecule has 3 aromatic rings. The van der Waals surface area contributed by atoms with Crippen molar-refractivity contribution in [2.24, 2.45) is 4.99 Å². The van der Waals surface area contributed by atoms with Crippen LogP contribution < -0.4 is 10.6 Å². The lowest BCUT2D eigenvalue weighted by Gasteiger charge is -2.13. The van der Waals surface area contributed by atoms with Crippen molar-refractivity contribution in [1.29, 1.82) is 0 Å². The summed E-state index contributed by atoms with van der Waals surface area (Å²) in [6.07, 6.45) is 6.52. The Bertz CT molecular complexity index is 809. The van der Waals surface area contributed by atoms with E-state index in [1.807, 2.05) is 35.3 Å². The summed E-state index contributed by atoms with van der Waals surface area (Å²) in [5, 5.41) is 6.73. The first-order valence-corrected chi connectivity index (χ1v) is 8.99. The van der Waals surface area contributed by atoms with Crippen LogP contribution in [0.25, 0.3) is 5.69 Å². The molecule has 3 rings (SSSR count). The molecule has 0 fully saturated rings. The van der Waals surface area contributed by atoms with E-state index in [0.717, 1.165) is 36.7 Å². The van der Waals surface area contributed by atoms with Gasteiger partial charge in [0.2, 0.25) is 0 Å². The molecular weight excluding hydrogens is 322 g/mol. The van der Waals surface area contributed by atoms with E-state index in [9.17, 15) is 0 Å². The van der Waals surface area contributed by atoms with Gasteiger partial charge in [-0.25, -0.2) is 9.98 Å². The predicted octanol–water partition coefficient (Wildman–Crippen LogP) is 3.17. The number of rotatable bonds is 7. The summed E-state index contributed by atoms with van der Waals surface area (Å²) in [7, 11) is 0. The highest BCUT2D eigenvalue weighted by Crippen LogP contribution is 2.15. The SMILES string of the molecule is CCNC(=NCc1ccccc1-n1ccnc1)NCCc1ccccc1. The van der Waals surface area contributed by atoms with Crippen LogP contribution in [0.4, 0.5) is 0 Å². The van der Waals surface area contributed by atoms with Gasteiger partial charge in [0, 0.05) is 25.5 Å². The van der Waals surface area contributed by atoms with Crippen molar-refractivity contribution in [2.75, 3.05) is 13.1 Å². The molecule has 0 saturated heterocycles. The van der Waals surface area contributed by atoms with Gasteiger partial charge in [-0.05, 0) is 30.5 Å². The van der Waals surface area contributed by atoms with E-state index in [0.29, 0.717) is 6.54 Å². The summed E-state index contributed by atoms with van der Waals surface area (Å²) >= 11 is 0. The zero-order valence-corrected chi connectivity index (χ0v) is 15.1. The molecule has 2 N–H and O–H groups in total. The number of hydrogen-bond acceptors (Lipinski definition) is 2. The quantitative estimate of drug-likeness (QED) is 0.510. The fourth-order valence-corrected chi connectivity index (χ4v) is 2.77. The van der Waals surface area contributed by atoms with Gasteiger partial charge in [-0.15, -0.1) is 0 Å². The average molecular weight is 347 g/mol. The molecule has 0 aliphatic heterocycles. The molecule has 1 aromatic heterocycles. The van der Waals surface area contributed by atoms with E-state index in [4.69, 9.17) is 4.99 Å². The van der Waals surface area contributed by atoms with E-state index < -0.39 is 0 Å². The second-order valence-electron chi connectivity index (χ2n) is 5.96. The van der Waals surface area contributed by atoms with Crippen molar-refractivity contribution in [3.63, 3.8) is 0 Å². The van der Waals surface area contributed by atoms with Gasteiger partial charge in [0.05, 0.1) is 18.6 Å². The smallest absolute Gasteiger partial charge is 0.191 e. The molecule has 0 radical (unpaired) electrons. The van der Waals surface area contributed by atoms with Gasteiger partial charge < -0.3 is 15.2 Å². The van der Waals surface area contributed by atoms with Gasteiger partial charge in [-0.2, -0.15) is 0 Å². The predicted molar refractivity (Wildman–Crippen MR) is 107 cm³/mol. The van der Waals surface area contributed by atoms with Crippen molar-refractivity contribution >= 4 is 5.96 Å². The van der Waals surface area contributed by atoms with Gasteiger partial charge >= 0.3 is 0 Å². The van der Waals surface area contributed by atoms with Crippen LogP contribution in [0.1, 0.15) is 18.1 Å². The largest absolute Gasteiger partial charge is 0.357 e. The number of benzene rings is 2. The van der Waals surface area contributed by atoms with Crippen LogP contribution in [-0.2, 0) is 13.0 Å². The fourth-order valence-electron chi connectivity index (χ4n) is 2.77. The van der Waals surface area contributed by atoms with Crippen LogP contribution in [0.2, 0.25) is 0 Å². The maximum Gasteiger partial charge on any atom is 0.191 e. The Labute approximate surface area is 154 Å². The summed E-state index contributed by atoms with van der Waals surface area (Å²) in [4.78, 5) is 8.88. The lowest BCUT2D eigenvalue weighted by molar-refractivity contribution is 0.798. The average Bonchev–Trinajstić information content (AvgIpc) is 3.22. The Kier molecular flexibility index (Phi) is 6.42. The molecule has 1 heterocycles. The highest BCUT2D eigenvalue weighted by Gasteiger charge is 2.04. The third-order valence-electron chi connectivity index (χ3n) is 4.07. The van der Waals surface area contributed by atoms with E-state index in [1.54, 1.807) is 6.20 Å². The van der Waals surface area contributed by atoms with Crippen LogP contribution in [-0.4, -0.2) is 28.6 Å². The lowest BCUT2D eigenvalue weighted by Crippen LogP contribution is -2.38. The van der Waals surface area contributed by atoms with E-state index in [2.05, 4.69) is 58.9 Å². The van der Waals surface area contributed by atoms with Crippen molar-refractivity contribution in [3.05, 3.63) is 84.4 Å². The molecule has 5 nitrogen and oxygen atoms in total. The van der Waals surface area contributed by atoms with Crippen LogP contribution in [0, 0.1) is 0 Å². The Morgan fingerprint density at radius 1 is 1.04 bits per heavy atom. The Morgan fingerprint density at radius 2 is 1.85 bits per heavy atom. The van der Waals surface area contributed by atoms with E-state index >= 15 is 0 Å². The summed E-state index contributed by atoms with van der Waals surface area (Å²) in [6.45, 7) is 4.36. The Hall–Kier alpha value is -3.08. The third-order valence-corrected chi connectivity index (χ3v) is 4.07. The van der Waals surface area contributed by atoms with Crippen LogP contribution in [0.5, 0.6) is 0 Å². The monoisotopic (exact) mass is 347 g/mol. The molecule has 2 aromatic carbocycles. The second-order valence-corrected chi connectivity index (χ2v) is 5.96. The number of aliphatic imine (C=N–C) groups is 1. The summed E-state index contributed by atoms with van der Waals surface area (Å²) < 4.78 is 2.01. The topological polar surface area (TPSA) is 54.2 Å². The number of nitrogens with one attached hydrogen (secondary N) is 2. The van der Waals surface area contributed by atoms with Crippen LogP contribution in [0.15, 0.2) is 78.3 Å². The molecule has 134 valence electrons. The summed E-state index contributed by atoms with van der Waals surface area (Å²) in [5.41, 5.74) is 3.58. The second kappa shape index (κ2) is 9.42. The number of guanidine groups is 1. The number of para-hydroxylation sites is 1. The Balaban J connectivity index is 1.64. The minimum atomic E-state index is 0.606. The highest BCUT2D eigenvalue weighted by atomic mass is 15.2.